The molecule has 0 bridgehead atoms. The summed E-state index contributed by atoms with van der Waals surface area (Å²) in [5.74, 6) is 0.0533. The highest BCUT2D eigenvalue weighted by Crippen LogP contribution is 2.25. The molecule has 1 aromatic carbocycles. The molecule has 16 heavy (non-hydrogen) atoms. The number of hydrogen-bond donors (Lipinski definition) is 0. The van der Waals surface area contributed by atoms with Gasteiger partial charge in [0, 0.05) is 30.3 Å². The highest BCUT2D eigenvalue weighted by Gasteiger charge is 2.13. The maximum absolute atomic E-state index is 12.2. The zero-order valence-electron chi connectivity index (χ0n) is 8.46. The molecule has 4 heteroatoms. The van der Waals surface area contributed by atoms with Crippen molar-refractivity contribution in [1.82, 2.24) is 0 Å². The van der Waals surface area contributed by atoms with E-state index in [2.05, 4.69) is 31.9 Å². The molecule has 0 saturated carbocycles. The normalized spacial score (nSPS) is 10.4. The lowest BCUT2D eigenvalue weighted by Crippen LogP contribution is -2.00. The molecule has 1 aromatic heterocycles. The van der Waals surface area contributed by atoms with Crippen molar-refractivity contribution in [2.45, 2.75) is 6.92 Å². The third kappa shape index (κ3) is 2.44. The Morgan fingerprint density at radius 3 is 2.62 bits per heavy atom. The second-order valence-corrected chi connectivity index (χ2v) is 6.28. The number of thiophene rings is 1. The molecular formula is C12H8Br2OS. The van der Waals surface area contributed by atoms with Gasteiger partial charge in [0.05, 0.1) is 0 Å². The van der Waals surface area contributed by atoms with Crippen molar-refractivity contribution in [1.29, 1.82) is 0 Å². The third-order valence-corrected chi connectivity index (χ3v) is 4.21. The van der Waals surface area contributed by atoms with Gasteiger partial charge in [-0.15, -0.1) is 11.3 Å². The molecular weight excluding hydrogens is 352 g/mol. The SMILES string of the molecule is Cc1cc(C(=O)c2cc(Br)ccc2Br)cs1. The van der Waals surface area contributed by atoms with Crippen molar-refractivity contribution in [3.05, 3.63) is 54.6 Å². The second kappa shape index (κ2) is 4.82. The van der Waals surface area contributed by atoms with Gasteiger partial charge in [-0.05, 0) is 31.2 Å². The number of carbonyl (C=O) groups is 1. The van der Waals surface area contributed by atoms with Crippen molar-refractivity contribution in [2.24, 2.45) is 0 Å². The molecule has 0 unspecified atom stereocenters. The molecule has 82 valence electrons. The molecule has 1 nitrogen and oxygen atoms in total. The van der Waals surface area contributed by atoms with Crippen LogP contribution < -0.4 is 0 Å². The van der Waals surface area contributed by atoms with Crippen LogP contribution in [-0.2, 0) is 0 Å². The fraction of sp³-hybridized carbons (Fsp3) is 0.0833. The van der Waals surface area contributed by atoms with Crippen LogP contribution in [0.4, 0.5) is 0 Å². The summed E-state index contributed by atoms with van der Waals surface area (Å²) in [6, 6.07) is 7.52. The second-order valence-electron chi connectivity index (χ2n) is 3.40. The molecule has 1 heterocycles. The first-order chi connectivity index (χ1) is 7.58. The molecule has 0 amide bonds. The minimum absolute atomic E-state index is 0.0533. The maximum atomic E-state index is 12.2. The number of halogens is 2. The highest BCUT2D eigenvalue weighted by atomic mass is 79.9. The van der Waals surface area contributed by atoms with Crippen molar-refractivity contribution >= 4 is 49.0 Å². The van der Waals surface area contributed by atoms with Crippen LogP contribution in [0.2, 0.25) is 0 Å². The molecule has 0 N–H and O–H groups in total. The van der Waals surface area contributed by atoms with E-state index in [1.54, 1.807) is 11.3 Å². The molecule has 0 fully saturated rings. The molecule has 0 spiro atoms. The monoisotopic (exact) mass is 358 g/mol. The zero-order chi connectivity index (χ0) is 11.7. The van der Waals surface area contributed by atoms with Gasteiger partial charge in [-0.2, -0.15) is 0 Å². The number of carbonyl (C=O) groups excluding carboxylic acids is 1. The van der Waals surface area contributed by atoms with Gasteiger partial charge in [-0.1, -0.05) is 31.9 Å². The van der Waals surface area contributed by atoms with Crippen LogP contribution >= 0.6 is 43.2 Å². The van der Waals surface area contributed by atoms with Crippen LogP contribution in [0.5, 0.6) is 0 Å². The van der Waals surface area contributed by atoms with Crippen molar-refractivity contribution in [3.63, 3.8) is 0 Å². The van der Waals surface area contributed by atoms with E-state index in [0.717, 1.165) is 19.4 Å². The summed E-state index contributed by atoms with van der Waals surface area (Å²) in [5, 5.41) is 1.89. The summed E-state index contributed by atoms with van der Waals surface area (Å²) in [4.78, 5) is 13.3. The first-order valence-corrected chi connectivity index (χ1v) is 7.09. The lowest BCUT2D eigenvalue weighted by atomic mass is 10.1. The van der Waals surface area contributed by atoms with Gasteiger partial charge in [0.1, 0.15) is 0 Å². The molecule has 2 rings (SSSR count). The van der Waals surface area contributed by atoms with Gasteiger partial charge >= 0.3 is 0 Å². The van der Waals surface area contributed by atoms with Crippen LogP contribution in [-0.4, -0.2) is 5.78 Å². The van der Waals surface area contributed by atoms with Crippen LogP contribution in [0.25, 0.3) is 0 Å². The largest absolute Gasteiger partial charge is 0.289 e. The van der Waals surface area contributed by atoms with Gasteiger partial charge < -0.3 is 0 Å². The van der Waals surface area contributed by atoms with Crippen molar-refractivity contribution < 1.29 is 4.79 Å². The number of rotatable bonds is 2. The molecule has 0 aliphatic heterocycles. The Morgan fingerprint density at radius 2 is 2.00 bits per heavy atom. The minimum atomic E-state index is 0.0533. The van der Waals surface area contributed by atoms with Crippen LogP contribution in [0.3, 0.4) is 0 Å². The predicted octanol–water partition coefficient (Wildman–Crippen LogP) is 4.81. The number of hydrogen-bond acceptors (Lipinski definition) is 2. The summed E-state index contributed by atoms with van der Waals surface area (Å²) >= 11 is 8.36. The molecule has 0 saturated heterocycles. The summed E-state index contributed by atoms with van der Waals surface area (Å²) in [6.07, 6.45) is 0. The Balaban J connectivity index is 2.45. The molecule has 0 radical (unpaired) electrons. The first kappa shape index (κ1) is 12.0. The Bertz CT molecular complexity index is 546. The Morgan fingerprint density at radius 1 is 1.25 bits per heavy atom. The summed E-state index contributed by atoms with van der Waals surface area (Å²) in [6.45, 7) is 2.00. The van der Waals surface area contributed by atoms with Gasteiger partial charge in [-0.3, -0.25) is 4.79 Å². The van der Waals surface area contributed by atoms with Crippen molar-refractivity contribution in [3.8, 4) is 0 Å². The Hall–Kier alpha value is -0.450. The van der Waals surface area contributed by atoms with E-state index in [4.69, 9.17) is 0 Å². The number of benzene rings is 1. The molecule has 0 aliphatic rings. The summed E-state index contributed by atoms with van der Waals surface area (Å²) < 4.78 is 1.73. The van der Waals surface area contributed by atoms with Crippen LogP contribution in [0, 0.1) is 6.92 Å². The van der Waals surface area contributed by atoms with Gasteiger partial charge in [0.15, 0.2) is 5.78 Å². The quantitative estimate of drug-likeness (QED) is 0.703. The fourth-order valence-electron chi connectivity index (χ4n) is 1.39. The lowest BCUT2D eigenvalue weighted by Gasteiger charge is -2.02. The maximum Gasteiger partial charge on any atom is 0.195 e. The van der Waals surface area contributed by atoms with Crippen molar-refractivity contribution in [2.75, 3.05) is 0 Å². The van der Waals surface area contributed by atoms with Gasteiger partial charge in [0.2, 0.25) is 0 Å². The predicted molar refractivity (Wildman–Crippen MR) is 74.3 cm³/mol. The fourth-order valence-corrected chi connectivity index (χ4v) is 2.86. The molecule has 0 aliphatic carbocycles. The van der Waals surface area contributed by atoms with Crippen LogP contribution in [0.1, 0.15) is 20.8 Å². The van der Waals surface area contributed by atoms with Gasteiger partial charge in [-0.25, -0.2) is 0 Å². The Kier molecular flexibility index (Phi) is 3.62. The minimum Gasteiger partial charge on any atom is -0.289 e. The molecule has 2 aromatic rings. The van der Waals surface area contributed by atoms with E-state index >= 15 is 0 Å². The van der Waals surface area contributed by atoms with E-state index in [1.807, 2.05) is 36.6 Å². The summed E-state index contributed by atoms with van der Waals surface area (Å²) in [7, 11) is 0. The zero-order valence-corrected chi connectivity index (χ0v) is 12.4. The van der Waals surface area contributed by atoms with E-state index in [9.17, 15) is 4.79 Å². The van der Waals surface area contributed by atoms with Gasteiger partial charge in [0.25, 0.3) is 0 Å². The average molecular weight is 360 g/mol. The average Bonchev–Trinajstić information content (AvgIpc) is 2.67. The smallest absolute Gasteiger partial charge is 0.195 e. The van der Waals surface area contributed by atoms with E-state index in [1.165, 1.54) is 0 Å². The summed E-state index contributed by atoms with van der Waals surface area (Å²) in [5.41, 5.74) is 1.44. The number of ketones is 1. The van der Waals surface area contributed by atoms with E-state index in [0.29, 0.717) is 5.56 Å². The van der Waals surface area contributed by atoms with Crippen LogP contribution in [0.15, 0.2) is 38.6 Å². The topological polar surface area (TPSA) is 17.1 Å². The van der Waals surface area contributed by atoms with E-state index < -0.39 is 0 Å². The van der Waals surface area contributed by atoms with E-state index in [-0.39, 0.29) is 5.78 Å². The standard InChI is InChI=1S/C12H8Br2OS/c1-7-4-8(6-16-7)12(15)10-5-9(13)2-3-11(10)14/h2-6H,1H3. The lowest BCUT2D eigenvalue weighted by molar-refractivity contribution is 0.103. The molecule has 0 atom stereocenters. The Labute approximate surface area is 115 Å². The third-order valence-electron chi connectivity index (χ3n) is 2.17. The highest BCUT2D eigenvalue weighted by molar-refractivity contribution is 9.11. The number of aryl methyl sites for hydroxylation is 1. The first-order valence-electron chi connectivity index (χ1n) is 4.63.